The first-order valence-electron chi connectivity index (χ1n) is 4.30. The lowest BCUT2D eigenvalue weighted by molar-refractivity contribution is 0.0169. The monoisotopic (exact) mass is 188 g/mol. The van der Waals surface area contributed by atoms with E-state index in [9.17, 15) is 9.59 Å². The molecule has 0 aromatic heterocycles. The zero-order valence-electron chi connectivity index (χ0n) is 7.19. The maximum Gasteiger partial charge on any atom is 0.518 e. The summed E-state index contributed by atoms with van der Waals surface area (Å²) in [4.78, 5) is 20.6. The fourth-order valence-corrected chi connectivity index (χ4v) is 1.41. The molecule has 0 aromatic rings. The van der Waals surface area contributed by atoms with E-state index >= 15 is 0 Å². The Labute approximate surface area is 75.6 Å². The molecule has 0 heterocycles. The van der Waals surface area contributed by atoms with Gasteiger partial charge in [0.05, 0.1) is 0 Å². The van der Waals surface area contributed by atoms with Gasteiger partial charge < -0.3 is 14.6 Å². The van der Waals surface area contributed by atoms with Crippen LogP contribution in [0.3, 0.4) is 0 Å². The molecule has 1 rings (SSSR count). The third kappa shape index (κ3) is 3.78. The Morgan fingerprint density at radius 2 is 1.77 bits per heavy atom. The van der Waals surface area contributed by atoms with Crippen molar-refractivity contribution in [2.24, 2.45) is 0 Å². The van der Waals surface area contributed by atoms with Crippen LogP contribution in [-0.4, -0.2) is 23.5 Å². The second kappa shape index (κ2) is 4.69. The third-order valence-electron chi connectivity index (χ3n) is 1.99. The van der Waals surface area contributed by atoms with Crippen molar-refractivity contribution in [1.29, 1.82) is 0 Å². The predicted octanol–water partition coefficient (Wildman–Crippen LogP) is 2.15. The fraction of sp³-hybridized carbons (Fsp3) is 0.750. The molecule has 0 atom stereocenters. The Bertz CT molecular complexity index is 195. The summed E-state index contributed by atoms with van der Waals surface area (Å²) >= 11 is 0. The summed E-state index contributed by atoms with van der Waals surface area (Å²) in [5.74, 6) is 0. The minimum absolute atomic E-state index is 0.166. The van der Waals surface area contributed by atoms with Crippen molar-refractivity contribution in [3.8, 4) is 0 Å². The number of ether oxygens (including phenoxy) is 2. The number of carboxylic acid groups (broad SMARTS) is 1. The molecule has 0 bridgehead atoms. The van der Waals surface area contributed by atoms with Crippen LogP contribution in [0.2, 0.25) is 0 Å². The summed E-state index contributed by atoms with van der Waals surface area (Å²) in [7, 11) is 0. The van der Waals surface area contributed by atoms with Crippen molar-refractivity contribution >= 4 is 12.3 Å². The van der Waals surface area contributed by atoms with E-state index in [0.717, 1.165) is 32.1 Å². The van der Waals surface area contributed by atoms with E-state index in [2.05, 4.69) is 4.74 Å². The van der Waals surface area contributed by atoms with Crippen LogP contribution in [-0.2, 0) is 9.47 Å². The quantitative estimate of drug-likeness (QED) is 0.504. The molecule has 1 fully saturated rings. The average molecular weight is 188 g/mol. The number of carbonyl (C=O) groups is 2. The number of hydrogen-bond acceptors (Lipinski definition) is 4. The first-order valence-corrected chi connectivity index (χ1v) is 4.30. The van der Waals surface area contributed by atoms with Gasteiger partial charge in [0.25, 0.3) is 0 Å². The molecule has 0 spiro atoms. The molecule has 1 N–H and O–H groups in total. The minimum Gasteiger partial charge on any atom is -0.449 e. The molecule has 0 radical (unpaired) electrons. The molecule has 0 aliphatic heterocycles. The smallest absolute Gasteiger partial charge is 0.449 e. The summed E-state index contributed by atoms with van der Waals surface area (Å²) in [6.07, 6.45) is 1.88. The molecule has 1 aliphatic carbocycles. The van der Waals surface area contributed by atoms with Gasteiger partial charge in [0.15, 0.2) is 0 Å². The van der Waals surface area contributed by atoms with Crippen molar-refractivity contribution in [1.82, 2.24) is 0 Å². The SMILES string of the molecule is O=C(O)OC(=O)OC1CCCCC1. The van der Waals surface area contributed by atoms with Crippen molar-refractivity contribution < 1.29 is 24.2 Å². The van der Waals surface area contributed by atoms with Gasteiger partial charge in [0, 0.05) is 0 Å². The predicted molar refractivity (Wildman–Crippen MR) is 42.5 cm³/mol. The Morgan fingerprint density at radius 1 is 1.15 bits per heavy atom. The van der Waals surface area contributed by atoms with E-state index in [4.69, 9.17) is 9.84 Å². The highest BCUT2D eigenvalue weighted by Crippen LogP contribution is 2.20. The van der Waals surface area contributed by atoms with Gasteiger partial charge in [0.2, 0.25) is 0 Å². The lowest BCUT2D eigenvalue weighted by Crippen LogP contribution is -2.22. The highest BCUT2D eigenvalue weighted by atomic mass is 16.8. The topological polar surface area (TPSA) is 72.8 Å². The van der Waals surface area contributed by atoms with E-state index in [0.29, 0.717) is 0 Å². The van der Waals surface area contributed by atoms with E-state index in [-0.39, 0.29) is 6.10 Å². The Hall–Kier alpha value is -1.26. The Balaban J connectivity index is 2.22. The normalized spacial score (nSPS) is 17.8. The summed E-state index contributed by atoms with van der Waals surface area (Å²) in [6.45, 7) is 0. The number of hydrogen-bond donors (Lipinski definition) is 1. The van der Waals surface area contributed by atoms with Crippen molar-refractivity contribution in [2.75, 3.05) is 0 Å². The first kappa shape index (κ1) is 9.83. The molecular weight excluding hydrogens is 176 g/mol. The van der Waals surface area contributed by atoms with Crippen LogP contribution in [0.1, 0.15) is 32.1 Å². The van der Waals surface area contributed by atoms with Gasteiger partial charge in [-0.2, -0.15) is 0 Å². The van der Waals surface area contributed by atoms with Crippen LogP contribution >= 0.6 is 0 Å². The van der Waals surface area contributed by atoms with Crippen LogP contribution < -0.4 is 0 Å². The molecule has 1 aliphatic rings. The lowest BCUT2D eigenvalue weighted by Gasteiger charge is -2.20. The summed E-state index contributed by atoms with van der Waals surface area (Å²) < 4.78 is 8.57. The van der Waals surface area contributed by atoms with Gasteiger partial charge in [-0.1, -0.05) is 6.42 Å². The second-order valence-electron chi connectivity index (χ2n) is 3.00. The highest BCUT2D eigenvalue weighted by Gasteiger charge is 2.19. The van der Waals surface area contributed by atoms with Gasteiger partial charge in [-0.15, -0.1) is 0 Å². The maximum absolute atomic E-state index is 10.7. The van der Waals surface area contributed by atoms with Crippen molar-refractivity contribution in [2.45, 2.75) is 38.2 Å². The fourth-order valence-electron chi connectivity index (χ4n) is 1.41. The molecular formula is C8H12O5. The maximum atomic E-state index is 10.7. The molecule has 0 saturated heterocycles. The van der Waals surface area contributed by atoms with Gasteiger partial charge in [-0.3, -0.25) is 0 Å². The summed E-state index contributed by atoms with van der Waals surface area (Å²) in [6, 6.07) is 0. The minimum atomic E-state index is -1.62. The van der Waals surface area contributed by atoms with E-state index in [1.807, 2.05) is 0 Å². The van der Waals surface area contributed by atoms with Crippen LogP contribution in [0.4, 0.5) is 9.59 Å². The molecule has 5 heteroatoms. The third-order valence-corrected chi connectivity index (χ3v) is 1.99. The van der Waals surface area contributed by atoms with Gasteiger partial charge in [-0.05, 0) is 25.7 Å². The Morgan fingerprint density at radius 3 is 2.31 bits per heavy atom. The van der Waals surface area contributed by atoms with Gasteiger partial charge >= 0.3 is 12.3 Å². The zero-order valence-corrected chi connectivity index (χ0v) is 7.19. The molecule has 0 aromatic carbocycles. The number of carbonyl (C=O) groups excluding carboxylic acids is 1. The molecule has 13 heavy (non-hydrogen) atoms. The number of rotatable bonds is 1. The van der Waals surface area contributed by atoms with Crippen molar-refractivity contribution in [3.63, 3.8) is 0 Å². The molecule has 0 amide bonds. The average Bonchev–Trinajstić information content (AvgIpc) is 2.04. The molecule has 0 unspecified atom stereocenters. The molecule has 5 nitrogen and oxygen atoms in total. The van der Waals surface area contributed by atoms with Crippen LogP contribution in [0.25, 0.3) is 0 Å². The summed E-state index contributed by atoms with van der Waals surface area (Å²) in [5.41, 5.74) is 0. The largest absolute Gasteiger partial charge is 0.518 e. The van der Waals surface area contributed by atoms with E-state index in [1.165, 1.54) is 0 Å². The Kier molecular flexibility index (Phi) is 3.54. The van der Waals surface area contributed by atoms with Crippen LogP contribution in [0, 0.1) is 0 Å². The first-order chi connectivity index (χ1) is 6.18. The lowest BCUT2D eigenvalue weighted by atomic mass is 9.98. The van der Waals surface area contributed by atoms with E-state index < -0.39 is 12.3 Å². The second-order valence-corrected chi connectivity index (χ2v) is 3.00. The van der Waals surface area contributed by atoms with E-state index in [1.54, 1.807) is 0 Å². The molecule has 1 saturated carbocycles. The van der Waals surface area contributed by atoms with Gasteiger partial charge in [0.1, 0.15) is 6.10 Å². The summed E-state index contributed by atoms with van der Waals surface area (Å²) in [5, 5.41) is 8.09. The zero-order chi connectivity index (χ0) is 9.68. The van der Waals surface area contributed by atoms with Crippen LogP contribution in [0.15, 0.2) is 0 Å². The highest BCUT2D eigenvalue weighted by molar-refractivity contribution is 5.75. The van der Waals surface area contributed by atoms with Crippen molar-refractivity contribution in [3.05, 3.63) is 0 Å². The van der Waals surface area contributed by atoms with Gasteiger partial charge in [-0.25, -0.2) is 9.59 Å². The van der Waals surface area contributed by atoms with Crippen LogP contribution in [0.5, 0.6) is 0 Å². The standard InChI is InChI=1S/C8H12O5/c9-7(10)13-8(11)12-6-4-2-1-3-5-6/h6H,1-5H2,(H,9,10). The molecule has 74 valence electrons.